The van der Waals surface area contributed by atoms with Crippen LogP contribution >= 0.6 is 34.8 Å². The van der Waals surface area contributed by atoms with Crippen LogP contribution in [0.4, 0.5) is 0 Å². The lowest BCUT2D eigenvalue weighted by molar-refractivity contribution is 0.306. The molecule has 0 radical (unpaired) electrons. The number of benzene rings is 4. The van der Waals surface area contributed by atoms with Crippen molar-refractivity contribution in [1.82, 2.24) is 9.66 Å². The monoisotopic (exact) mass is 619 g/mol. The van der Waals surface area contributed by atoms with E-state index < -0.39 is 0 Å². The number of halogens is 3. The molecular formula is C33H28Cl3N3O3. The lowest BCUT2D eigenvalue weighted by Gasteiger charge is -2.17. The van der Waals surface area contributed by atoms with Crippen LogP contribution in [0.5, 0.6) is 11.5 Å². The molecule has 0 bridgehead atoms. The Hall–Kier alpha value is -3.84. The Morgan fingerprint density at radius 3 is 2.33 bits per heavy atom. The molecule has 0 aliphatic heterocycles. The normalized spacial score (nSPS) is 11.5. The topological polar surface area (TPSA) is 65.7 Å². The summed E-state index contributed by atoms with van der Waals surface area (Å²) in [6, 6.07) is 21.9. The molecule has 0 saturated carbocycles. The van der Waals surface area contributed by atoms with Crippen molar-refractivity contribution >= 4 is 51.9 Å². The third kappa shape index (κ3) is 6.16. The second-order valence-electron chi connectivity index (χ2n) is 10.1. The average molecular weight is 621 g/mol. The molecule has 0 aliphatic rings. The number of aryl methyl sites for hydroxylation is 1. The van der Waals surface area contributed by atoms with Gasteiger partial charge in [0.2, 0.25) is 0 Å². The smallest absolute Gasteiger partial charge is 0.282 e. The Morgan fingerprint density at radius 2 is 1.67 bits per heavy atom. The van der Waals surface area contributed by atoms with E-state index >= 15 is 0 Å². The molecule has 5 rings (SSSR count). The number of para-hydroxylation sites is 1. The quantitative estimate of drug-likeness (QED) is 0.163. The highest BCUT2D eigenvalue weighted by molar-refractivity contribution is 6.37. The minimum absolute atomic E-state index is 0.188. The molecule has 1 aromatic heterocycles. The molecule has 6 nitrogen and oxygen atoms in total. The Labute approximate surface area is 259 Å². The number of aromatic nitrogens is 2. The first-order valence-electron chi connectivity index (χ1n) is 13.3. The van der Waals surface area contributed by atoms with Crippen LogP contribution in [0.25, 0.3) is 22.3 Å². The van der Waals surface area contributed by atoms with E-state index in [1.165, 1.54) is 10.9 Å². The van der Waals surface area contributed by atoms with Gasteiger partial charge in [0.05, 0.1) is 34.3 Å². The Kier molecular flexibility index (Phi) is 8.88. The predicted octanol–water partition coefficient (Wildman–Crippen LogP) is 8.93. The van der Waals surface area contributed by atoms with Gasteiger partial charge in [-0.25, -0.2) is 4.98 Å². The maximum Gasteiger partial charge on any atom is 0.282 e. The lowest BCUT2D eigenvalue weighted by Crippen LogP contribution is -2.20. The average Bonchev–Trinajstić information content (AvgIpc) is 2.96. The summed E-state index contributed by atoms with van der Waals surface area (Å²) < 4.78 is 12.8. The van der Waals surface area contributed by atoms with Gasteiger partial charge in [0.15, 0.2) is 11.6 Å². The molecule has 5 aromatic rings. The molecule has 0 aliphatic carbocycles. The third-order valence-electron chi connectivity index (χ3n) is 6.83. The van der Waals surface area contributed by atoms with E-state index in [1.54, 1.807) is 43.5 Å². The van der Waals surface area contributed by atoms with Gasteiger partial charge in [-0.2, -0.15) is 9.78 Å². The molecule has 4 aromatic carbocycles. The second-order valence-corrected chi connectivity index (χ2v) is 11.4. The molecule has 0 fully saturated rings. The zero-order chi connectivity index (χ0) is 30.0. The maximum absolute atomic E-state index is 13.7. The van der Waals surface area contributed by atoms with Gasteiger partial charge in [0, 0.05) is 10.6 Å². The van der Waals surface area contributed by atoms with Gasteiger partial charge in [0.25, 0.3) is 5.56 Å². The van der Waals surface area contributed by atoms with Crippen molar-refractivity contribution in [1.29, 1.82) is 0 Å². The largest absolute Gasteiger partial charge is 0.496 e. The van der Waals surface area contributed by atoms with Crippen molar-refractivity contribution in [3.8, 4) is 22.9 Å². The van der Waals surface area contributed by atoms with Gasteiger partial charge in [0.1, 0.15) is 12.4 Å². The molecule has 1 heterocycles. The first-order chi connectivity index (χ1) is 20.2. The second kappa shape index (κ2) is 12.6. The molecule has 0 spiro atoms. The number of ether oxygens (including phenoxy) is 2. The van der Waals surface area contributed by atoms with E-state index in [0.29, 0.717) is 43.1 Å². The number of hydrogen-bond donors (Lipinski definition) is 0. The van der Waals surface area contributed by atoms with E-state index in [0.717, 1.165) is 28.0 Å². The SMILES string of the molecule is COc1cc(C)c(-c2nc3ccccc3c(=O)n2N=Cc2cc(Cl)c(OCc3ccc(Cl)cc3)c(Cl)c2)cc1C(C)C. The molecule has 0 amide bonds. The highest BCUT2D eigenvalue weighted by Gasteiger charge is 2.18. The predicted molar refractivity (Wildman–Crippen MR) is 172 cm³/mol. The fourth-order valence-electron chi connectivity index (χ4n) is 4.62. The summed E-state index contributed by atoms with van der Waals surface area (Å²) in [5.74, 6) is 1.74. The first kappa shape index (κ1) is 29.6. The fraction of sp³-hybridized carbons (Fsp3) is 0.182. The minimum Gasteiger partial charge on any atom is -0.496 e. The minimum atomic E-state index is -0.298. The van der Waals surface area contributed by atoms with Crippen LogP contribution in [-0.2, 0) is 6.61 Å². The molecule has 0 unspecified atom stereocenters. The Morgan fingerprint density at radius 1 is 0.976 bits per heavy atom. The van der Waals surface area contributed by atoms with Gasteiger partial charge < -0.3 is 9.47 Å². The number of fused-ring (bicyclic) bond motifs is 1. The van der Waals surface area contributed by atoms with Crippen molar-refractivity contribution in [3.63, 3.8) is 0 Å². The summed E-state index contributed by atoms with van der Waals surface area (Å²) >= 11 is 19.1. The van der Waals surface area contributed by atoms with E-state index in [1.807, 2.05) is 43.3 Å². The maximum atomic E-state index is 13.7. The van der Waals surface area contributed by atoms with Crippen molar-refractivity contribution in [2.75, 3.05) is 7.11 Å². The summed E-state index contributed by atoms with van der Waals surface area (Å²) in [4.78, 5) is 18.6. The molecular weight excluding hydrogens is 593 g/mol. The van der Waals surface area contributed by atoms with Crippen LogP contribution in [0.15, 0.2) is 82.7 Å². The summed E-state index contributed by atoms with van der Waals surface area (Å²) in [5.41, 5.74) is 4.47. The van der Waals surface area contributed by atoms with E-state index in [2.05, 4.69) is 18.9 Å². The van der Waals surface area contributed by atoms with E-state index in [4.69, 9.17) is 49.3 Å². The molecule has 214 valence electrons. The lowest BCUT2D eigenvalue weighted by atomic mass is 9.96. The highest BCUT2D eigenvalue weighted by atomic mass is 35.5. The zero-order valence-electron chi connectivity index (χ0n) is 23.5. The molecule has 42 heavy (non-hydrogen) atoms. The van der Waals surface area contributed by atoms with Gasteiger partial charge in [-0.15, -0.1) is 0 Å². The van der Waals surface area contributed by atoms with Crippen LogP contribution in [0.1, 0.15) is 42.0 Å². The van der Waals surface area contributed by atoms with Crippen molar-refractivity contribution < 1.29 is 9.47 Å². The van der Waals surface area contributed by atoms with Crippen LogP contribution in [-0.4, -0.2) is 23.0 Å². The zero-order valence-corrected chi connectivity index (χ0v) is 25.8. The number of rotatable bonds is 8. The van der Waals surface area contributed by atoms with E-state index in [9.17, 15) is 4.79 Å². The standard InChI is InChI=1S/C33H28Cl3N3O3/c1-19(2)25-16-26(20(3)13-30(25)41-4)32-38-29-8-6-5-7-24(29)33(40)39(32)37-17-22-14-27(35)31(28(36)15-22)42-18-21-9-11-23(34)12-10-21/h5-17,19H,18H2,1-4H3. The molecule has 0 atom stereocenters. The number of hydrogen-bond acceptors (Lipinski definition) is 5. The van der Waals surface area contributed by atoms with Gasteiger partial charge >= 0.3 is 0 Å². The van der Waals surface area contributed by atoms with Crippen molar-refractivity contribution in [3.05, 3.63) is 120 Å². The molecule has 0 N–H and O–H groups in total. The van der Waals surface area contributed by atoms with Crippen LogP contribution in [0.3, 0.4) is 0 Å². The van der Waals surface area contributed by atoms with Gasteiger partial charge in [-0.1, -0.05) is 72.9 Å². The van der Waals surface area contributed by atoms with Crippen LogP contribution in [0, 0.1) is 6.92 Å². The fourth-order valence-corrected chi connectivity index (χ4v) is 5.36. The van der Waals surface area contributed by atoms with Gasteiger partial charge in [-0.05, 0) is 83.6 Å². The van der Waals surface area contributed by atoms with Crippen molar-refractivity contribution in [2.24, 2.45) is 5.10 Å². The summed E-state index contributed by atoms with van der Waals surface area (Å²) in [5, 5.41) is 6.32. The van der Waals surface area contributed by atoms with Crippen LogP contribution < -0.4 is 15.0 Å². The van der Waals surface area contributed by atoms with E-state index in [-0.39, 0.29) is 18.1 Å². The Balaban J connectivity index is 1.56. The molecule has 0 saturated heterocycles. The summed E-state index contributed by atoms with van der Waals surface area (Å²) in [6.45, 7) is 6.41. The number of nitrogens with zero attached hydrogens (tertiary/aromatic N) is 3. The molecule has 9 heteroatoms. The van der Waals surface area contributed by atoms with Crippen molar-refractivity contribution in [2.45, 2.75) is 33.3 Å². The van der Waals surface area contributed by atoms with Crippen LogP contribution in [0.2, 0.25) is 15.1 Å². The van der Waals surface area contributed by atoms with Gasteiger partial charge in [-0.3, -0.25) is 4.79 Å². The summed E-state index contributed by atoms with van der Waals surface area (Å²) in [7, 11) is 1.65. The summed E-state index contributed by atoms with van der Waals surface area (Å²) in [6.07, 6.45) is 1.53. The highest BCUT2D eigenvalue weighted by Crippen LogP contribution is 2.36. The third-order valence-corrected chi connectivity index (χ3v) is 7.65. The number of methoxy groups -OCH3 is 1. The Bertz CT molecular complexity index is 1840. The first-order valence-corrected chi connectivity index (χ1v) is 14.4.